The minimum Gasteiger partial charge on any atom is -0.356 e. The minimum atomic E-state index is -0.317. The number of nitrogens with one attached hydrogen (secondary N) is 1. The summed E-state index contributed by atoms with van der Waals surface area (Å²) < 4.78 is 13.8. The summed E-state index contributed by atoms with van der Waals surface area (Å²) in [5.74, 6) is 0.445. The molecule has 0 saturated carbocycles. The molecule has 0 aliphatic carbocycles. The molecule has 1 amide bonds. The number of carbonyl (C=O) groups excluding carboxylic acids is 1. The second-order valence-corrected chi connectivity index (χ2v) is 7.01. The van der Waals surface area contributed by atoms with Crippen LogP contribution in [0, 0.1) is 11.7 Å². The smallest absolute Gasteiger partial charge is 0.227 e. The van der Waals surface area contributed by atoms with Crippen LogP contribution in [0.25, 0.3) is 0 Å². The van der Waals surface area contributed by atoms with Crippen LogP contribution >= 0.6 is 27.5 Å². The van der Waals surface area contributed by atoms with Gasteiger partial charge in [0.25, 0.3) is 0 Å². The number of pyridine rings is 1. The first kappa shape index (κ1) is 17.2. The summed E-state index contributed by atoms with van der Waals surface area (Å²) in [5, 5.41) is 3.43. The SMILES string of the molecule is O=C(Nc1ccc(F)cc1)C1CCN(c2ncc(Cl)cc2Br)CC1. The summed E-state index contributed by atoms with van der Waals surface area (Å²) >= 11 is 9.40. The molecule has 0 spiro atoms. The van der Waals surface area contributed by atoms with Gasteiger partial charge in [-0.3, -0.25) is 4.79 Å². The van der Waals surface area contributed by atoms with Crippen LogP contribution in [0.1, 0.15) is 12.8 Å². The lowest BCUT2D eigenvalue weighted by atomic mass is 9.96. The number of rotatable bonds is 3. The summed E-state index contributed by atoms with van der Waals surface area (Å²) in [7, 11) is 0. The van der Waals surface area contributed by atoms with Gasteiger partial charge in [-0.1, -0.05) is 11.6 Å². The first-order valence-corrected chi connectivity index (χ1v) is 8.82. The largest absolute Gasteiger partial charge is 0.356 e. The zero-order valence-corrected chi connectivity index (χ0v) is 15.1. The van der Waals surface area contributed by atoms with Crippen molar-refractivity contribution in [3.05, 3.63) is 51.8 Å². The predicted molar refractivity (Wildman–Crippen MR) is 96.9 cm³/mol. The van der Waals surface area contributed by atoms with Crippen molar-refractivity contribution in [2.45, 2.75) is 12.8 Å². The molecule has 3 rings (SSSR count). The quantitative estimate of drug-likeness (QED) is 0.808. The number of anilines is 2. The van der Waals surface area contributed by atoms with E-state index < -0.39 is 0 Å². The Kier molecular flexibility index (Phi) is 5.36. The van der Waals surface area contributed by atoms with Gasteiger partial charge < -0.3 is 10.2 Å². The molecule has 0 atom stereocenters. The maximum Gasteiger partial charge on any atom is 0.227 e. The van der Waals surface area contributed by atoms with Crippen LogP contribution in [0.2, 0.25) is 5.02 Å². The van der Waals surface area contributed by atoms with Gasteiger partial charge in [0.05, 0.1) is 9.50 Å². The molecular formula is C17H16BrClFN3O. The van der Waals surface area contributed by atoms with E-state index in [-0.39, 0.29) is 17.6 Å². The number of hydrogen-bond donors (Lipinski definition) is 1. The van der Waals surface area contributed by atoms with Gasteiger partial charge in [0, 0.05) is 30.9 Å². The van der Waals surface area contributed by atoms with Crippen molar-refractivity contribution in [1.82, 2.24) is 4.98 Å². The Morgan fingerprint density at radius 1 is 1.29 bits per heavy atom. The molecule has 2 heterocycles. The number of hydrogen-bond acceptors (Lipinski definition) is 3. The van der Waals surface area contributed by atoms with Gasteiger partial charge in [0.1, 0.15) is 11.6 Å². The van der Waals surface area contributed by atoms with Crippen molar-refractivity contribution in [2.75, 3.05) is 23.3 Å². The average molecular weight is 413 g/mol. The van der Waals surface area contributed by atoms with Gasteiger partial charge >= 0.3 is 0 Å². The molecule has 2 aromatic rings. The van der Waals surface area contributed by atoms with Crippen LogP contribution in [0.5, 0.6) is 0 Å². The van der Waals surface area contributed by atoms with Crippen LogP contribution in [-0.4, -0.2) is 24.0 Å². The van der Waals surface area contributed by atoms with Crippen molar-refractivity contribution in [3.63, 3.8) is 0 Å². The standard InChI is InChI=1S/C17H16BrClFN3O/c18-15-9-12(19)10-21-16(15)23-7-5-11(6-8-23)17(24)22-14-3-1-13(20)2-4-14/h1-4,9-11H,5-8H2,(H,22,24). The topological polar surface area (TPSA) is 45.2 Å². The molecule has 1 N–H and O–H groups in total. The molecule has 1 saturated heterocycles. The molecule has 126 valence electrons. The lowest BCUT2D eigenvalue weighted by Gasteiger charge is -2.32. The van der Waals surface area contributed by atoms with E-state index in [1.54, 1.807) is 18.3 Å². The molecule has 0 radical (unpaired) electrons. The molecule has 24 heavy (non-hydrogen) atoms. The first-order valence-electron chi connectivity index (χ1n) is 7.65. The third kappa shape index (κ3) is 4.05. The summed E-state index contributed by atoms with van der Waals surface area (Å²) in [6.07, 6.45) is 3.10. The average Bonchev–Trinajstić information content (AvgIpc) is 2.57. The molecule has 1 aliphatic rings. The number of nitrogens with zero attached hydrogens (tertiary/aromatic N) is 2. The molecule has 1 aliphatic heterocycles. The number of halogens is 3. The number of benzene rings is 1. The zero-order chi connectivity index (χ0) is 17.1. The fourth-order valence-electron chi connectivity index (χ4n) is 2.77. The van der Waals surface area contributed by atoms with E-state index in [0.29, 0.717) is 10.7 Å². The second-order valence-electron chi connectivity index (χ2n) is 5.72. The Morgan fingerprint density at radius 3 is 2.58 bits per heavy atom. The maximum absolute atomic E-state index is 12.9. The fraction of sp³-hybridized carbons (Fsp3) is 0.294. The number of carbonyl (C=O) groups is 1. The molecular weight excluding hydrogens is 397 g/mol. The molecule has 1 aromatic heterocycles. The molecule has 0 unspecified atom stereocenters. The van der Waals surface area contributed by atoms with E-state index in [1.165, 1.54) is 12.1 Å². The predicted octanol–water partition coefficient (Wildman–Crippen LogP) is 4.49. The highest BCUT2D eigenvalue weighted by molar-refractivity contribution is 9.10. The van der Waals surface area contributed by atoms with Gasteiger partial charge in [-0.05, 0) is 59.1 Å². The summed E-state index contributed by atoms with van der Waals surface area (Å²) in [4.78, 5) is 18.8. The van der Waals surface area contributed by atoms with Crippen LogP contribution in [0.15, 0.2) is 41.0 Å². The van der Waals surface area contributed by atoms with Crippen molar-refractivity contribution < 1.29 is 9.18 Å². The van der Waals surface area contributed by atoms with Gasteiger partial charge in [-0.15, -0.1) is 0 Å². The highest BCUT2D eigenvalue weighted by atomic mass is 79.9. The van der Waals surface area contributed by atoms with E-state index in [4.69, 9.17) is 11.6 Å². The van der Waals surface area contributed by atoms with Gasteiger partial charge in [0.15, 0.2) is 0 Å². The third-order valence-electron chi connectivity index (χ3n) is 4.07. The van der Waals surface area contributed by atoms with Crippen molar-refractivity contribution >= 4 is 44.9 Å². The van der Waals surface area contributed by atoms with Crippen LogP contribution in [0.4, 0.5) is 15.9 Å². The monoisotopic (exact) mass is 411 g/mol. The Bertz CT molecular complexity index is 733. The van der Waals surface area contributed by atoms with Crippen LogP contribution < -0.4 is 10.2 Å². The fourth-order valence-corrected chi connectivity index (χ4v) is 3.66. The Balaban J connectivity index is 1.58. The van der Waals surface area contributed by atoms with Crippen LogP contribution in [-0.2, 0) is 4.79 Å². The van der Waals surface area contributed by atoms with Gasteiger partial charge in [-0.2, -0.15) is 0 Å². The Morgan fingerprint density at radius 2 is 1.96 bits per heavy atom. The van der Waals surface area contributed by atoms with Crippen LogP contribution in [0.3, 0.4) is 0 Å². The Hall–Kier alpha value is -1.66. The summed E-state index contributed by atoms with van der Waals surface area (Å²) in [6.45, 7) is 1.49. The maximum atomic E-state index is 12.9. The van der Waals surface area contributed by atoms with Gasteiger partial charge in [-0.25, -0.2) is 9.37 Å². The highest BCUT2D eigenvalue weighted by Crippen LogP contribution is 2.30. The zero-order valence-electron chi connectivity index (χ0n) is 12.8. The molecule has 7 heteroatoms. The van der Waals surface area contributed by atoms with E-state index in [2.05, 4.69) is 31.1 Å². The van der Waals surface area contributed by atoms with E-state index in [9.17, 15) is 9.18 Å². The summed E-state index contributed by atoms with van der Waals surface area (Å²) in [5.41, 5.74) is 0.617. The van der Waals surface area contributed by atoms with E-state index >= 15 is 0 Å². The molecule has 4 nitrogen and oxygen atoms in total. The number of piperidine rings is 1. The number of amides is 1. The van der Waals surface area contributed by atoms with Crippen molar-refractivity contribution in [1.29, 1.82) is 0 Å². The van der Waals surface area contributed by atoms with Gasteiger partial charge in [0.2, 0.25) is 5.91 Å². The Labute approximate surface area is 153 Å². The third-order valence-corrected chi connectivity index (χ3v) is 4.86. The molecule has 0 bridgehead atoms. The number of aromatic nitrogens is 1. The van der Waals surface area contributed by atoms with Crippen molar-refractivity contribution in [2.24, 2.45) is 5.92 Å². The highest BCUT2D eigenvalue weighted by Gasteiger charge is 2.26. The lowest BCUT2D eigenvalue weighted by molar-refractivity contribution is -0.120. The minimum absolute atomic E-state index is 0.0237. The van der Waals surface area contributed by atoms with Crippen molar-refractivity contribution in [3.8, 4) is 0 Å². The lowest BCUT2D eigenvalue weighted by Crippen LogP contribution is -2.38. The second kappa shape index (κ2) is 7.49. The molecule has 1 fully saturated rings. The van der Waals surface area contributed by atoms with E-state index in [1.807, 2.05) is 6.07 Å². The first-order chi connectivity index (χ1) is 11.5. The van der Waals surface area contributed by atoms with E-state index in [0.717, 1.165) is 36.2 Å². The normalized spacial score (nSPS) is 15.4. The summed E-state index contributed by atoms with van der Waals surface area (Å²) in [6, 6.07) is 7.62. The molecule has 1 aromatic carbocycles.